The largest absolute Gasteiger partial charge is 0.336 e. The summed E-state index contributed by atoms with van der Waals surface area (Å²) in [7, 11) is 0. The van der Waals surface area contributed by atoms with Gasteiger partial charge in [0.15, 0.2) is 0 Å². The first-order valence-corrected chi connectivity index (χ1v) is 5.99. The second-order valence-corrected chi connectivity index (χ2v) is 4.68. The first-order valence-electron chi connectivity index (χ1n) is 5.99. The minimum atomic E-state index is -1.22. The number of amides is 1. The van der Waals surface area contributed by atoms with Crippen LogP contribution in [0.1, 0.15) is 12.5 Å². The highest BCUT2D eigenvalue weighted by Gasteiger charge is 2.55. The Hall–Kier alpha value is -1.65. The number of ether oxygens (including phenoxy) is 2. The predicted molar refractivity (Wildman–Crippen MR) is 67.2 cm³/mol. The fourth-order valence-electron chi connectivity index (χ4n) is 2.51. The topological polar surface area (TPSA) is 38.8 Å². The van der Waals surface area contributed by atoms with Crippen LogP contribution >= 0.6 is 0 Å². The number of nitrogens with zero attached hydrogens (tertiary/aromatic N) is 1. The van der Waals surface area contributed by atoms with Gasteiger partial charge < -0.3 is 14.4 Å². The fourth-order valence-corrected chi connectivity index (χ4v) is 2.51. The minimum Gasteiger partial charge on any atom is -0.336 e. The third-order valence-corrected chi connectivity index (χ3v) is 3.20. The lowest BCUT2D eigenvalue weighted by Gasteiger charge is -2.22. The van der Waals surface area contributed by atoms with Gasteiger partial charge in [-0.1, -0.05) is 30.4 Å². The van der Waals surface area contributed by atoms with E-state index in [-0.39, 0.29) is 5.91 Å². The molecule has 1 amide bonds. The van der Waals surface area contributed by atoms with Crippen molar-refractivity contribution in [3.8, 4) is 0 Å². The number of benzene rings is 1. The first kappa shape index (κ1) is 11.4. The van der Waals surface area contributed by atoms with Gasteiger partial charge in [0.1, 0.15) is 0 Å². The lowest BCUT2D eigenvalue weighted by atomic mass is 10.1. The molecule has 0 aliphatic carbocycles. The van der Waals surface area contributed by atoms with Crippen LogP contribution < -0.4 is 4.90 Å². The van der Waals surface area contributed by atoms with Gasteiger partial charge in [-0.15, -0.1) is 0 Å². The van der Waals surface area contributed by atoms with E-state index in [1.165, 1.54) is 0 Å². The molecule has 1 saturated heterocycles. The van der Waals surface area contributed by atoms with Crippen molar-refractivity contribution in [2.45, 2.75) is 12.7 Å². The molecule has 0 unspecified atom stereocenters. The second kappa shape index (κ2) is 3.93. The molecule has 0 N–H and O–H groups in total. The van der Waals surface area contributed by atoms with Gasteiger partial charge in [-0.3, -0.25) is 4.79 Å². The average Bonchev–Trinajstić information content (AvgIpc) is 2.92. The third-order valence-electron chi connectivity index (χ3n) is 3.20. The van der Waals surface area contributed by atoms with Crippen LogP contribution in [-0.2, 0) is 20.1 Å². The van der Waals surface area contributed by atoms with Crippen LogP contribution in [0.5, 0.6) is 0 Å². The first-order chi connectivity index (χ1) is 8.65. The standard InChI is InChI=1S/C14H15NO3/c1-10(2)9-15-12-6-4-3-5-11(12)14(13(15)16)17-7-8-18-14/h3-6H,1,7-9H2,2H3. The predicted octanol–water partition coefficient (Wildman–Crippen LogP) is 1.81. The normalized spacial score (nSPS) is 20.5. The molecule has 2 heterocycles. The zero-order chi connectivity index (χ0) is 12.8. The molecule has 18 heavy (non-hydrogen) atoms. The Morgan fingerprint density at radius 1 is 1.39 bits per heavy atom. The summed E-state index contributed by atoms with van der Waals surface area (Å²) in [6, 6.07) is 7.60. The number of anilines is 1. The van der Waals surface area contributed by atoms with Crippen LogP contribution in [0.4, 0.5) is 5.69 Å². The van der Waals surface area contributed by atoms with E-state index >= 15 is 0 Å². The highest BCUT2D eigenvalue weighted by atomic mass is 16.7. The molecule has 0 bridgehead atoms. The quantitative estimate of drug-likeness (QED) is 0.746. The molecule has 1 spiro atoms. The molecule has 2 aliphatic heterocycles. The van der Waals surface area contributed by atoms with Gasteiger partial charge in [0.05, 0.1) is 18.9 Å². The average molecular weight is 245 g/mol. The lowest BCUT2D eigenvalue weighted by Crippen LogP contribution is -2.41. The van der Waals surface area contributed by atoms with Gasteiger partial charge >= 0.3 is 0 Å². The molecule has 0 radical (unpaired) electrons. The number of hydrogen-bond donors (Lipinski definition) is 0. The summed E-state index contributed by atoms with van der Waals surface area (Å²) >= 11 is 0. The summed E-state index contributed by atoms with van der Waals surface area (Å²) < 4.78 is 11.2. The van der Waals surface area contributed by atoms with Crippen molar-refractivity contribution in [3.63, 3.8) is 0 Å². The number of rotatable bonds is 2. The van der Waals surface area contributed by atoms with E-state index in [1.54, 1.807) is 4.90 Å². The Labute approximate surface area is 106 Å². The van der Waals surface area contributed by atoms with E-state index < -0.39 is 5.79 Å². The van der Waals surface area contributed by atoms with Crippen molar-refractivity contribution in [2.24, 2.45) is 0 Å². The van der Waals surface area contributed by atoms with Gasteiger partial charge in [-0.25, -0.2) is 0 Å². The molecule has 2 aliphatic rings. The molecule has 1 aromatic carbocycles. The number of carbonyl (C=O) groups excluding carboxylic acids is 1. The second-order valence-electron chi connectivity index (χ2n) is 4.68. The number of carbonyl (C=O) groups is 1. The van der Waals surface area contributed by atoms with E-state index in [4.69, 9.17) is 9.47 Å². The van der Waals surface area contributed by atoms with Crippen LogP contribution in [0.25, 0.3) is 0 Å². The smallest absolute Gasteiger partial charge is 0.292 e. The van der Waals surface area contributed by atoms with Crippen molar-refractivity contribution in [1.29, 1.82) is 0 Å². The van der Waals surface area contributed by atoms with Gasteiger partial charge in [0, 0.05) is 12.1 Å². The van der Waals surface area contributed by atoms with Crippen molar-refractivity contribution >= 4 is 11.6 Å². The summed E-state index contributed by atoms with van der Waals surface area (Å²) in [5.74, 6) is -1.37. The molecule has 0 atom stereocenters. The SMILES string of the molecule is C=C(C)CN1C(=O)C2(OCCO2)c2ccccc21. The Bertz CT molecular complexity index is 518. The maximum Gasteiger partial charge on any atom is 0.292 e. The maximum absolute atomic E-state index is 12.6. The monoisotopic (exact) mass is 245 g/mol. The van der Waals surface area contributed by atoms with Gasteiger partial charge in [0.25, 0.3) is 11.7 Å². The minimum absolute atomic E-state index is 0.149. The molecule has 94 valence electrons. The molecule has 0 aromatic heterocycles. The van der Waals surface area contributed by atoms with Crippen LogP contribution in [0, 0.1) is 0 Å². The zero-order valence-electron chi connectivity index (χ0n) is 10.3. The third kappa shape index (κ3) is 1.43. The summed E-state index contributed by atoms with van der Waals surface area (Å²) in [5.41, 5.74) is 2.58. The van der Waals surface area contributed by atoms with Crippen molar-refractivity contribution in [1.82, 2.24) is 0 Å². The molecule has 0 saturated carbocycles. The summed E-state index contributed by atoms with van der Waals surface area (Å²) in [6.07, 6.45) is 0. The number of hydrogen-bond acceptors (Lipinski definition) is 3. The van der Waals surface area contributed by atoms with Crippen molar-refractivity contribution < 1.29 is 14.3 Å². The number of para-hydroxylation sites is 1. The molecular formula is C14H15NO3. The van der Waals surface area contributed by atoms with Crippen LogP contribution in [0.3, 0.4) is 0 Å². The molecular weight excluding hydrogens is 230 g/mol. The summed E-state index contributed by atoms with van der Waals surface area (Å²) in [4.78, 5) is 14.2. The van der Waals surface area contributed by atoms with E-state index in [0.29, 0.717) is 19.8 Å². The van der Waals surface area contributed by atoms with E-state index in [0.717, 1.165) is 16.8 Å². The van der Waals surface area contributed by atoms with E-state index in [2.05, 4.69) is 6.58 Å². The summed E-state index contributed by atoms with van der Waals surface area (Å²) in [6.45, 7) is 7.15. The number of fused-ring (bicyclic) bond motifs is 2. The Morgan fingerprint density at radius 2 is 2.06 bits per heavy atom. The van der Waals surface area contributed by atoms with E-state index in [1.807, 2.05) is 31.2 Å². The molecule has 1 aromatic rings. The van der Waals surface area contributed by atoms with Crippen LogP contribution in [0.2, 0.25) is 0 Å². The van der Waals surface area contributed by atoms with Gasteiger partial charge in [-0.05, 0) is 13.0 Å². The lowest BCUT2D eigenvalue weighted by molar-refractivity contribution is -0.180. The molecule has 1 fully saturated rings. The van der Waals surface area contributed by atoms with Gasteiger partial charge in [0.2, 0.25) is 0 Å². The van der Waals surface area contributed by atoms with Crippen LogP contribution in [0.15, 0.2) is 36.4 Å². The van der Waals surface area contributed by atoms with Crippen LogP contribution in [-0.4, -0.2) is 25.7 Å². The van der Waals surface area contributed by atoms with Gasteiger partial charge in [-0.2, -0.15) is 0 Å². The fraction of sp³-hybridized carbons (Fsp3) is 0.357. The highest BCUT2D eigenvalue weighted by Crippen LogP contribution is 2.45. The van der Waals surface area contributed by atoms with Crippen molar-refractivity contribution in [3.05, 3.63) is 42.0 Å². The molecule has 4 heteroatoms. The Kier molecular flexibility index (Phi) is 2.50. The van der Waals surface area contributed by atoms with Crippen molar-refractivity contribution in [2.75, 3.05) is 24.7 Å². The van der Waals surface area contributed by atoms with E-state index in [9.17, 15) is 4.79 Å². The summed E-state index contributed by atoms with van der Waals surface area (Å²) in [5, 5.41) is 0. The Balaban J connectivity index is 2.11. The zero-order valence-corrected chi connectivity index (χ0v) is 10.3. The highest BCUT2D eigenvalue weighted by molar-refractivity contribution is 6.06. The Morgan fingerprint density at radius 3 is 2.72 bits per heavy atom. The maximum atomic E-state index is 12.6. The molecule has 3 rings (SSSR count). The molecule has 4 nitrogen and oxygen atoms in total.